The maximum atomic E-state index is 11.1. The molecule has 0 bridgehead atoms. The zero-order chi connectivity index (χ0) is 9.68. The Balaban J connectivity index is 2.40. The molecular formula is C8H12N2O3. The molecule has 0 saturated carbocycles. The van der Waals surface area contributed by atoms with Gasteiger partial charge in [0.15, 0.2) is 0 Å². The summed E-state index contributed by atoms with van der Waals surface area (Å²) in [4.78, 5) is 11.1. The Morgan fingerprint density at radius 1 is 1.54 bits per heavy atom. The third-order valence-corrected chi connectivity index (χ3v) is 1.43. The summed E-state index contributed by atoms with van der Waals surface area (Å²) in [6.07, 6.45) is 1.83. The van der Waals surface area contributed by atoms with E-state index in [1.165, 1.54) is 0 Å². The van der Waals surface area contributed by atoms with Crippen molar-refractivity contribution in [2.45, 2.75) is 26.7 Å². The maximum Gasteiger partial charge on any atom is 0.396 e. The number of rotatable bonds is 4. The van der Waals surface area contributed by atoms with E-state index in [9.17, 15) is 4.79 Å². The summed E-state index contributed by atoms with van der Waals surface area (Å²) in [7, 11) is 0. The summed E-state index contributed by atoms with van der Waals surface area (Å²) < 4.78 is 9.73. The summed E-state index contributed by atoms with van der Waals surface area (Å²) in [5.41, 5.74) is 0. The van der Waals surface area contributed by atoms with Gasteiger partial charge in [-0.15, -0.1) is 10.2 Å². The number of nitrogens with zero attached hydrogens (tertiary/aromatic N) is 2. The molecular weight excluding hydrogens is 172 g/mol. The van der Waals surface area contributed by atoms with Gasteiger partial charge in [-0.25, -0.2) is 4.79 Å². The van der Waals surface area contributed by atoms with Gasteiger partial charge in [-0.3, -0.25) is 0 Å². The Bertz CT molecular complexity index is 283. The molecule has 1 aromatic rings. The lowest BCUT2D eigenvalue weighted by atomic mass is 10.4. The normalized spacial score (nSPS) is 10.0. The second-order valence-electron chi connectivity index (χ2n) is 2.62. The molecule has 5 nitrogen and oxygen atoms in total. The van der Waals surface area contributed by atoms with Gasteiger partial charge in [0.1, 0.15) is 0 Å². The average molecular weight is 184 g/mol. The summed E-state index contributed by atoms with van der Waals surface area (Å²) >= 11 is 0. The highest BCUT2D eigenvalue weighted by atomic mass is 16.5. The fourth-order valence-electron chi connectivity index (χ4n) is 0.750. The van der Waals surface area contributed by atoms with E-state index in [2.05, 4.69) is 10.2 Å². The Labute approximate surface area is 76.1 Å². The SMILES string of the molecule is CCCCOC(=O)c1nnc(C)o1. The molecule has 0 atom stereocenters. The lowest BCUT2D eigenvalue weighted by Crippen LogP contribution is -2.06. The first-order chi connectivity index (χ1) is 6.24. The summed E-state index contributed by atoms with van der Waals surface area (Å²) in [6, 6.07) is 0. The molecule has 1 rings (SSSR count). The van der Waals surface area contributed by atoms with Crippen LogP contribution in [0.3, 0.4) is 0 Å². The van der Waals surface area contributed by atoms with Crippen molar-refractivity contribution in [2.24, 2.45) is 0 Å². The quantitative estimate of drug-likeness (QED) is 0.521. The molecule has 72 valence electrons. The largest absolute Gasteiger partial charge is 0.459 e. The van der Waals surface area contributed by atoms with Gasteiger partial charge < -0.3 is 9.15 Å². The molecule has 13 heavy (non-hydrogen) atoms. The van der Waals surface area contributed by atoms with Crippen molar-refractivity contribution in [3.63, 3.8) is 0 Å². The average Bonchev–Trinajstić information content (AvgIpc) is 2.52. The first-order valence-corrected chi connectivity index (χ1v) is 4.21. The Kier molecular flexibility index (Phi) is 3.42. The van der Waals surface area contributed by atoms with Crippen molar-refractivity contribution in [1.82, 2.24) is 10.2 Å². The van der Waals surface area contributed by atoms with Crippen LogP contribution in [0.1, 0.15) is 36.3 Å². The van der Waals surface area contributed by atoms with Crippen molar-refractivity contribution in [2.75, 3.05) is 6.61 Å². The molecule has 1 aromatic heterocycles. The molecule has 0 radical (unpaired) electrons. The fourth-order valence-corrected chi connectivity index (χ4v) is 0.750. The predicted molar refractivity (Wildman–Crippen MR) is 44.2 cm³/mol. The number of ether oxygens (including phenoxy) is 1. The molecule has 0 amide bonds. The van der Waals surface area contributed by atoms with Gasteiger partial charge >= 0.3 is 11.9 Å². The van der Waals surface area contributed by atoms with Crippen LogP contribution in [0.5, 0.6) is 0 Å². The van der Waals surface area contributed by atoms with Crippen LogP contribution in [-0.4, -0.2) is 22.8 Å². The summed E-state index contributed by atoms with van der Waals surface area (Å²) in [5, 5.41) is 7.05. The van der Waals surface area contributed by atoms with Crippen LogP contribution in [-0.2, 0) is 4.74 Å². The highest BCUT2D eigenvalue weighted by Gasteiger charge is 2.13. The number of carbonyl (C=O) groups excluding carboxylic acids is 1. The molecule has 0 aliphatic carbocycles. The van der Waals surface area contributed by atoms with Crippen LogP contribution in [0.15, 0.2) is 4.42 Å². The standard InChI is InChI=1S/C8H12N2O3/c1-3-4-5-12-8(11)7-10-9-6(2)13-7/h3-5H2,1-2H3. The minimum atomic E-state index is -0.547. The number of hydrogen-bond acceptors (Lipinski definition) is 5. The first kappa shape index (κ1) is 9.70. The summed E-state index contributed by atoms with van der Waals surface area (Å²) in [6.45, 7) is 4.04. The van der Waals surface area contributed by atoms with Crippen molar-refractivity contribution >= 4 is 5.97 Å². The van der Waals surface area contributed by atoms with Crippen molar-refractivity contribution in [3.8, 4) is 0 Å². The Hall–Kier alpha value is -1.39. The van der Waals surface area contributed by atoms with E-state index < -0.39 is 5.97 Å². The molecule has 0 unspecified atom stereocenters. The monoisotopic (exact) mass is 184 g/mol. The van der Waals surface area contributed by atoms with Crippen LogP contribution in [0.2, 0.25) is 0 Å². The van der Waals surface area contributed by atoms with Crippen molar-refractivity contribution in [3.05, 3.63) is 11.8 Å². The highest BCUT2D eigenvalue weighted by Crippen LogP contribution is 2.00. The Morgan fingerprint density at radius 2 is 2.31 bits per heavy atom. The van der Waals surface area contributed by atoms with E-state index >= 15 is 0 Å². The van der Waals surface area contributed by atoms with Crippen LogP contribution >= 0.6 is 0 Å². The Morgan fingerprint density at radius 3 is 2.85 bits per heavy atom. The molecule has 0 spiro atoms. The summed E-state index contributed by atoms with van der Waals surface area (Å²) in [5.74, 6) is -0.259. The van der Waals surface area contributed by atoms with E-state index in [0.717, 1.165) is 12.8 Å². The number of aromatic nitrogens is 2. The number of hydrogen-bond donors (Lipinski definition) is 0. The molecule has 0 aliphatic rings. The minimum Gasteiger partial charge on any atom is -0.459 e. The molecule has 0 aromatic carbocycles. The highest BCUT2D eigenvalue weighted by molar-refractivity contribution is 5.83. The minimum absolute atomic E-state index is 0.0754. The molecule has 5 heteroatoms. The number of unbranched alkanes of at least 4 members (excludes halogenated alkanes) is 1. The van der Waals surface area contributed by atoms with Crippen LogP contribution in [0, 0.1) is 6.92 Å². The van der Waals surface area contributed by atoms with E-state index in [1.54, 1.807) is 6.92 Å². The van der Waals surface area contributed by atoms with E-state index in [0.29, 0.717) is 12.5 Å². The molecule has 0 aliphatic heterocycles. The fraction of sp³-hybridized carbons (Fsp3) is 0.625. The van der Waals surface area contributed by atoms with Gasteiger partial charge in [0.25, 0.3) is 0 Å². The maximum absolute atomic E-state index is 11.1. The third kappa shape index (κ3) is 2.85. The lowest BCUT2D eigenvalue weighted by Gasteiger charge is -1.98. The van der Waals surface area contributed by atoms with Gasteiger partial charge in [-0.05, 0) is 6.42 Å². The molecule has 0 N–H and O–H groups in total. The molecule has 0 fully saturated rings. The van der Waals surface area contributed by atoms with Gasteiger partial charge in [0.2, 0.25) is 5.89 Å². The van der Waals surface area contributed by atoms with Gasteiger partial charge in [0, 0.05) is 6.92 Å². The number of aryl methyl sites for hydroxylation is 1. The van der Waals surface area contributed by atoms with Crippen LogP contribution < -0.4 is 0 Å². The number of esters is 1. The zero-order valence-electron chi connectivity index (χ0n) is 7.74. The topological polar surface area (TPSA) is 65.2 Å². The molecule has 1 heterocycles. The first-order valence-electron chi connectivity index (χ1n) is 4.21. The molecule has 0 saturated heterocycles. The van der Waals surface area contributed by atoms with Gasteiger partial charge in [-0.1, -0.05) is 13.3 Å². The predicted octanol–water partition coefficient (Wildman–Crippen LogP) is 1.33. The van der Waals surface area contributed by atoms with Crippen molar-refractivity contribution in [1.29, 1.82) is 0 Å². The van der Waals surface area contributed by atoms with Gasteiger partial charge in [0.05, 0.1) is 6.61 Å². The van der Waals surface area contributed by atoms with E-state index in [1.807, 2.05) is 6.92 Å². The lowest BCUT2D eigenvalue weighted by molar-refractivity contribution is 0.0452. The van der Waals surface area contributed by atoms with Gasteiger partial charge in [-0.2, -0.15) is 0 Å². The zero-order valence-corrected chi connectivity index (χ0v) is 7.74. The third-order valence-electron chi connectivity index (χ3n) is 1.43. The smallest absolute Gasteiger partial charge is 0.396 e. The van der Waals surface area contributed by atoms with Crippen LogP contribution in [0.25, 0.3) is 0 Å². The van der Waals surface area contributed by atoms with E-state index in [4.69, 9.17) is 9.15 Å². The second-order valence-corrected chi connectivity index (χ2v) is 2.62. The second kappa shape index (κ2) is 4.59. The van der Waals surface area contributed by atoms with Crippen molar-refractivity contribution < 1.29 is 13.9 Å². The number of carbonyl (C=O) groups is 1. The van der Waals surface area contributed by atoms with Crippen LogP contribution in [0.4, 0.5) is 0 Å². The van der Waals surface area contributed by atoms with E-state index in [-0.39, 0.29) is 5.89 Å².